The van der Waals surface area contributed by atoms with Crippen LogP contribution in [0.1, 0.15) is 31.2 Å². The van der Waals surface area contributed by atoms with E-state index in [2.05, 4.69) is 31.3 Å². The maximum Gasteiger partial charge on any atom is 0.243 e. The van der Waals surface area contributed by atoms with Crippen LogP contribution in [0.15, 0.2) is 52.4 Å². The predicted molar refractivity (Wildman–Crippen MR) is 156 cm³/mol. The van der Waals surface area contributed by atoms with Crippen LogP contribution in [0.25, 0.3) is 10.8 Å². The molecule has 41 heavy (non-hydrogen) atoms. The molecule has 0 radical (unpaired) electrons. The van der Waals surface area contributed by atoms with E-state index in [1.54, 1.807) is 0 Å². The number of benzene rings is 2. The maximum absolute atomic E-state index is 13.4. The summed E-state index contributed by atoms with van der Waals surface area (Å²) in [6.07, 6.45) is 1.33. The SMILES string of the molecule is NC(N)=NCCC[C@@H]1NC(=O)[C@@H](CCCN=C(N)N)NC(=O)CNC(=O)[C@H](Cc2ccc3ccccc3c2)NC1=O. The Hall–Kier alpha value is -4.88. The van der Waals surface area contributed by atoms with Gasteiger partial charge in [-0.15, -0.1) is 0 Å². The van der Waals surface area contributed by atoms with Crippen LogP contribution in [0.5, 0.6) is 0 Å². The van der Waals surface area contributed by atoms with Gasteiger partial charge in [-0.25, -0.2) is 0 Å². The van der Waals surface area contributed by atoms with Gasteiger partial charge in [0, 0.05) is 19.5 Å². The standard InChI is InChI=1S/C27H38N10O4/c28-26(29)32-11-3-7-19-24(40)36-20(8-4-12-33-27(30)31)25(41)37-21(23(39)34-15-22(38)35-19)14-16-9-10-17-5-1-2-6-18(17)13-16/h1-2,5-6,9-10,13,19-21H,3-4,7-8,11-12,14-15H2,(H,34,39)(H,35,38)(H,36,40)(H,37,41)(H4,28,29,32)(H4,30,31,33)/t19-,20+,21+/m1/s1. The Kier molecular flexibility index (Phi) is 11.3. The molecule has 14 nitrogen and oxygen atoms in total. The second-order valence-electron chi connectivity index (χ2n) is 9.74. The number of nitrogens with two attached hydrogens (primary N) is 4. The van der Waals surface area contributed by atoms with Crippen molar-refractivity contribution in [3.05, 3.63) is 48.0 Å². The Morgan fingerprint density at radius 2 is 1.27 bits per heavy atom. The van der Waals surface area contributed by atoms with E-state index in [1.807, 2.05) is 42.5 Å². The summed E-state index contributed by atoms with van der Waals surface area (Å²) in [6.45, 7) is 0.113. The first-order valence-corrected chi connectivity index (χ1v) is 13.4. The molecule has 2 aromatic rings. The highest BCUT2D eigenvalue weighted by Gasteiger charge is 2.31. The van der Waals surface area contributed by atoms with Crippen LogP contribution in [0, 0.1) is 0 Å². The molecule has 0 spiro atoms. The highest BCUT2D eigenvalue weighted by molar-refractivity contribution is 5.96. The van der Waals surface area contributed by atoms with Crippen molar-refractivity contribution in [2.75, 3.05) is 19.6 Å². The largest absolute Gasteiger partial charge is 0.370 e. The zero-order valence-corrected chi connectivity index (χ0v) is 22.8. The summed E-state index contributed by atoms with van der Waals surface area (Å²) in [4.78, 5) is 60.3. The van der Waals surface area contributed by atoms with Gasteiger partial charge in [0.25, 0.3) is 0 Å². The van der Waals surface area contributed by atoms with Gasteiger partial charge in [-0.1, -0.05) is 42.5 Å². The van der Waals surface area contributed by atoms with Crippen LogP contribution in [-0.4, -0.2) is 73.3 Å². The summed E-state index contributed by atoms with van der Waals surface area (Å²) in [7, 11) is 0. The number of fused-ring (bicyclic) bond motifs is 1. The number of guanidine groups is 2. The predicted octanol–water partition coefficient (Wildman–Crippen LogP) is -1.93. The summed E-state index contributed by atoms with van der Waals surface area (Å²) in [6, 6.07) is 10.6. The molecule has 0 bridgehead atoms. The van der Waals surface area contributed by atoms with Crippen molar-refractivity contribution < 1.29 is 19.2 Å². The molecule has 220 valence electrons. The number of hydrogen-bond acceptors (Lipinski definition) is 6. The van der Waals surface area contributed by atoms with E-state index in [1.165, 1.54) is 0 Å². The Morgan fingerprint density at radius 3 is 1.88 bits per heavy atom. The molecule has 0 unspecified atom stereocenters. The van der Waals surface area contributed by atoms with Crippen molar-refractivity contribution in [3.63, 3.8) is 0 Å². The molecule has 0 saturated carbocycles. The van der Waals surface area contributed by atoms with Crippen molar-refractivity contribution in [1.82, 2.24) is 21.3 Å². The van der Waals surface area contributed by atoms with E-state index in [-0.39, 0.29) is 50.8 Å². The summed E-state index contributed by atoms with van der Waals surface area (Å²) in [5, 5.41) is 12.7. The Labute approximate surface area is 237 Å². The molecular weight excluding hydrogens is 528 g/mol. The highest BCUT2D eigenvalue weighted by Crippen LogP contribution is 2.17. The monoisotopic (exact) mass is 566 g/mol. The van der Waals surface area contributed by atoms with Crippen LogP contribution in [0.3, 0.4) is 0 Å². The average molecular weight is 567 g/mol. The molecule has 1 heterocycles. The molecular formula is C27H38N10O4. The Morgan fingerprint density at radius 1 is 0.707 bits per heavy atom. The number of hydrogen-bond donors (Lipinski definition) is 8. The van der Waals surface area contributed by atoms with Gasteiger partial charge >= 0.3 is 0 Å². The number of nitrogens with one attached hydrogen (secondary N) is 4. The van der Waals surface area contributed by atoms with E-state index in [0.717, 1.165) is 16.3 Å². The number of nitrogens with zero attached hydrogens (tertiary/aromatic N) is 2. The van der Waals surface area contributed by atoms with Gasteiger partial charge in [-0.2, -0.15) is 0 Å². The van der Waals surface area contributed by atoms with Gasteiger partial charge in [0.05, 0.1) is 6.54 Å². The quantitative estimate of drug-likeness (QED) is 0.0912. The maximum atomic E-state index is 13.4. The third-order valence-corrected chi connectivity index (χ3v) is 6.49. The normalized spacial score (nSPS) is 20.0. The van der Waals surface area contributed by atoms with Crippen molar-refractivity contribution in [3.8, 4) is 0 Å². The van der Waals surface area contributed by atoms with Crippen molar-refractivity contribution in [2.24, 2.45) is 32.9 Å². The third kappa shape index (κ3) is 9.98. The first-order valence-electron chi connectivity index (χ1n) is 13.4. The van der Waals surface area contributed by atoms with E-state index >= 15 is 0 Å². The van der Waals surface area contributed by atoms with E-state index in [4.69, 9.17) is 22.9 Å². The van der Waals surface area contributed by atoms with Gasteiger partial charge in [-0.3, -0.25) is 29.2 Å². The lowest BCUT2D eigenvalue weighted by Gasteiger charge is -2.27. The number of amides is 4. The molecule has 14 heteroatoms. The van der Waals surface area contributed by atoms with E-state index < -0.39 is 41.8 Å². The van der Waals surface area contributed by atoms with Gasteiger partial charge < -0.3 is 44.2 Å². The number of carbonyl (C=O) groups excluding carboxylic acids is 4. The van der Waals surface area contributed by atoms with Gasteiger partial charge in [-0.05, 0) is 42.0 Å². The zero-order valence-electron chi connectivity index (χ0n) is 22.8. The minimum atomic E-state index is -1.01. The molecule has 1 aliphatic rings. The summed E-state index contributed by atoms with van der Waals surface area (Å²) < 4.78 is 0. The van der Waals surface area contributed by atoms with Crippen molar-refractivity contribution in [1.29, 1.82) is 0 Å². The first-order chi connectivity index (χ1) is 19.6. The lowest BCUT2D eigenvalue weighted by Crippen LogP contribution is -2.59. The first kappa shape index (κ1) is 30.7. The topological polar surface area (TPSA) is 245 Å². The fraction of sp³-hybridized carbons (Fsp3) is 0.407. The van der Waals surface area contributed by atoms with Crippen LogP contribution < -0.4 is 44.2 Å². The molecule has 1 saturated heterocycles. The fourth-order valence-corrected chi connectivity index (χ4v) is 4.44. The smallest absolute Gasteiger partial charge is 0.243 e. The van der Waals surface area contributed by atoms with E-state index in [0.29, 0.717) is 12.8 Å². The minimum Gasteiger partial charge on any atom is -0.370 e. The second kappa shape index (κ2) is 15.1. The van der Waals surface area contributed by atoms with Crippen LogP contribution in [0.2, 0.25) is 0 Å². The Balaban J connectivity index is 1.82. The summed E-state index contributed by atoms with van der Waals surface area (Å²) >= 11 is 0. The Bertz CT molecular complexity index is 1300. The van der Waals surface area contributed by atoms with Gasteiger partial charge in [0.15, 0.2) is 11.9 Å². The summed E-state index contributed by atoms with van der Waals surface area (Å²) in [5.74, 6) is -2.36. The zero-order chi connectivity index (χ0) is 29.8. The highest BCUT2D eigenvalue weighted by atomic mass is 16.2. The van der Waals surface area contributed by atoms with Crippen LogP contribution in [0.4, 0.5) is 0 Å². The molecule has 4 amide bonds. The van der Waals surface area contributed by atoms with Gasteiger partial charge in [0.1, 0.15) is 18.1 Å². The molecule has 12 N–H and O–H groups in total. The number of carbonyl (C=O) groups is 4. The lowest BCUT2D eigenvalue weighted by atomic mass is 10.00. The molecule has 2 aromatic carbocycles. The number of aliphatic imine (C=N–C) groups is 2. The molecule has 3 atom stereocenters. The van der Waals surface area contributed by atoms with Crippen molar-refractivity contribution in [2.45, 2.75) is 50.2 Å². The summed E-state index contributed by atoms with van der Waals surface area (Å²) in [5.41, 5.74) is 22.3. The molecule has 0 aliphatic carbocycles. The number of rotatable bonds is 10. The molecule has 3 rings (SSSR count). The average Bonchev–Trinajstić information content (AvgIpc) is 2.93. The van der Waals surface area contributed by atoms with Crippen LogP contribution in [-0.2, 0) is 25.6 Å². The molecule has 0 aromatic heterocycles. The van der Waals surface area contributed by atoms with Crippen molar-refractivity contribution >= 4 is 46.3 Å². The lowest BCUT2D eigenvalue weighted by molar-refractivity contribution is -0.135. The fourth-order valence-electron chi connectivity index (χ4n) is 4.44. The van der Waals surface area contributed by atoms with Crippen LogP contribution >= 0.6 is 0 Å². The second-order valence-corrected chi connectivity index (χ2v) is 9.74. The minimum absolute atomic E-state index is 0.0874. The third-order valence-electron chi connectivity index (χ3n) is 6.49. The van der Waals surface area contributed by atoms with E-state index in [9.17, 15) is 19.2 Å². The molecule has 1 aliphatic heterocycles. The molecule has 1 fully saturated rings. The van der Waals surface area contributed by atoms with Gasteiger partial charge in [0.2, 0.25) is 23.6 Å².